The Hall–Kier alpha value is -3.85. The fraction of sp³-hybridized carbons (Fsp3) is 0.125. The summed E-state index contributed by atoms with van der Waals surface area (Å²) in [7, 11) is 4.63. The number of hydrogen-bond donors (Lipinski definition) is 0. The minimum atomic E-state index is -0.533. The van der Waals surface area contributed by atoms with Crippen LogP contribution in [0.4, 0.5) is 0 Å². The molecular weight excluding hydrogens is 492 g/mol. The number of ether oxygens (including phenoxy) is 4. The molecule has 8 nitrogen and oxygen atoms in total. The summed E-state index contributed by atoms with van der Waals surface area (Å²) >= 11 is 3.50. The molecule has 2 aromatic carbocycles. The zero-order chi connectivity index (χ0) is 23.4. The summed E-state index contributed by atoms with van der Waals surface area (Å²) in [5, 5.41) is 0. The van der Waals surface area contributed by atoms with E-state index in [1.54, 1.807) is 50.6 Å². The zero-order valence-corrected chi connectivity index (χ0v) is 19.6. The molecule has 0 aliphatic carbocycles. The van der Waals surface area contributed by atoms with Crippen LogP contribution in [-0.4, -0.2) is 37.3 Å². The zero-order valence-electron chi connectivity index (χ0n) is 18.0. The van der Waals surface area contributed by atoms with Gasteiger partial charge in [-0.3, -0.25) is 4.98 Å². The lowest BCUT2D eigenvalue weighted by Crippen LogP contribution is -2.09. The second-order valence-corrected chi connectivity index (χ2v) is 7.57. The first-order valence-electron chi connectivity index (χ1n) is 9.71. The molecule has 33 heavy (non-hydrogen) atoms. The topological polar surface area (TPSA) is 92.9 Å². The van der Waals surface area contributed by atoms with Gasteiger partial charge < -0.3 is 23.4 Å². The van der Waals surface area contributed by atoms with Crippen LogP contribution in [0.25, 0.3) is 22.6 Å². The van der Waals surface area contributed by atoms with E-state index in [0.29, 0.717) is 44.3 Å². The molecule has 0 saturated heterocycles. The van der Waals surface area contributed by atoms with Crippen molar-refractivity contribution in [2.45, 2.75) is 0 Å². The Labute approximate surface area is 198 Å². The molecule has 0 bridgehead atoms. The second kappa shape index (κ2) is 9.74. The number of rotatable bonds is 7. The normalized spacial score (nSPS) is 10.5. The third-order valence-electron chi connectivity index (χ3n) is 4.82. The van der Waals surface area contributed by atoms with Crippen molar-refractivity contribution in [1.82, 2.24) is 9.97 Å². The smallest absolute Gasteiger partial charge is 0.343 e. The van der Waals surface area contributed by atoms with Gasteiger partial charge in [0, 0.05) is 23.5 Å². The van der Waals surface area contributed by atoms with Gasteiger partial charge in [0.25, 0.3) is 0 Å². The van der Waals surface area contributed by atoms with Crippen LogP contribution in [0.2, 0.25) is 0 Å². The summed E-state index contributed by atoms with van der Waals surface area (Å²) < 4.78 is 28.2. The van der Waals surface area contributed by atoms with Gasteiger partial charge in [-0.25, -0.2) is 9.78 Å². The predicted molar refractivity (Wildman–Crippen MR) is 124 cm³/mol. The molecule has 4 aromatic rings. The number of esters is 1. The second-order valence-electron chi connectivity index (χ2n) is 6.71. The molecule has 0 N–H and O–H groups in total. The van der Waals surface area contributed by atoms with Gasteiger partial charge in [0.05, 0.1) is 31.4 Å². The summed E-state index contributed by atoms with van der Waals surface area (Å²) in [5.41, 5.74) is 2.34. The Balaban J connectivity index is 1.74. The lowest BCUT2D eigenvalue weighted by atomic mass is 10.0. The van der Waals surface area contributed by atoms with Crippen molar-refractivity contribution in [3.8, 4) is 45.6 Å². The number of methoxy groups -OCH3 is 3. The first-order chi connectivity index (χ1) is 16.0. The number of carbonyl (C=O) groups excluding carboxylic acids is 1. The average Bonchev–Trinajstić information content (AvgIpc) is 3.34. The number of pyridine rings is 1. The van der Waals surface area contributed by atoms with Gasteiger partial charge in [0.2, 0.25) is 0 Å². The standard InChI is InChI=1S/C24H19BrN2O6/c1-29-18-5-4-15(11-19(18)33-24(28)14-6-8-26-9-7-14)22-21(27-13-32-22)16-10-17(25)23(31-3)20(12-16)30-2/h4-13H,1-3H3. The minimum absolute atomic E-state index is 0.243. The third kappa shape index (κ3) is 4.54. The molecule has 9 heteroatoms. The van der Waals surface area contributed by atoms with E-state index in [9.17, 15) is 4.79 Å². The van der Waals surface area contributed by atoms with Crippen LogP contribution >= 0.6 is 15.9 Å². The maximum atomic E-state index is 12.6. The van der Waals surface area contributed by atoms with Crippen molar-refractivity contribution < 1.29 is 28.2 Å². The first kappa shape index (κ1) is 22.3. The SMILES string of the molecule is COc1ccc(-c2ocnc2-c2cc(Br)c(OC)c(OC)c2)cc1OC(=O)c1ccncc1. The van der Waals surface area contributed by atoms with Crippen LogP contribution in [0.1, 0.15) is 10.4 Å². The number of oxazole rings is 1. The van der Waals surface area contributed by atoms with Crippen LogP contribution in [-0.2, 0) is 0 Å². The van der Waals surface area contributed by atoms with Gasteiger partial charge in [0.1, 0.15) is 5.69 Å². The summed E-state index contributed by atoms with van der Waals surface area (Å²) in [6, 6.07) is 12.0. The van der Waals surface area contributed by atoms with Gasteiger partial charge in [-0.15, -0.1) is 0 Å². The molecule has 0 spiro atoms. The summed E-state index contributed by atoms with van der Waals surface area (Å²) in [6.45, 7) is 0. The molecule has 0 saturated carbocycles. The predicted octanol–water partition coefficient (Wildman–Crippen LogP) is 5.41. The highest BCUT2D eigenvalue weighted by Crippen LogP contribution is 2.42. The van der Waals surface area contributed by atoms with Gasteiger partial charge >= 0.3 is 5.97 Å². The molecule has 2 aromatic heterocycles. The maximum Gasteiger partial charge on any atom is 0.343 e. The van der Waals surface area contributed by atoms with E-state index in [1.165, 1.54) is 25.9 Å². The molecule has 0 fully saturated rings. The fourth-order valence-electron chi connectivity index (χ4n) is 3.26. The molecule has 0 atom stereocenters. The van der Waals surface area contributed by atoms with Crippen LogP contribution in [0.3, 0.4) is 0 Å². The highest BCUT2D eigenvalue weighted by atomic mass is 79.9. The van der Waals surface area contributed by atoms with Crippen molar-refractivity contribution in [2.24, 2.45) is 0 Å². The van der Waals surface area contributed by atoms with Gasteiger partial charge in [-0.1, -0.05) is 0 Å². The highest BCUT2D eigenvalue weighted by Gasteiger charge is 2.20. The van der Waals surface area contributed by atoms with Gasteiger partial charge in [-0.2, -0.15) is 0 Å². The third-order valence-corrected chi connectivity index (χ3v) is 5.41. The molecule has 4 rings (SSSR count). The fourth-order valence-corrected chi connectivity index (χ4v) is 3.86. The Bertz CT molecular complexity index is 1290. The summed E-state index contributed by atoms with van der Waals surface area (Å²) in [5.74, 6) is 1.70. The van der Waals surface area contributed by atoms with E-state index < -0.39 is 5.97 Å². The number of hydrogen-bond acceptors (Lipinski definition) is 8. The molecule has 0 radical (unpaired) electrons. The summed E-state index contributed by atoms with van der Waals surface area (Å²) in [6.07, 6.45) is 4.39. The number of aromatic nitrogens is 2. The Morgan fingerprint density at radius 1 is 0.879 bits per heavy atom. The lowest BCUT2D eigenvalue weighted by Gasteiger charge is -2.12. The van der Waals surface area contributed by atoms with Crippen molar-refractivity contribution in [3.63, 3.8) is 0 Å². The van der Waals surface area contributed by atoms with E-state index >= 15 is 0 Å². The number of carbonyl (C=O) groups is 1. The lowest BCUT2D eigenvalue weighted by molar-refractivity contribution is 0.0729. The van der Waals surface area contributed by atoms with Crippen LogP contribution in [0.5, 0.6) is 23.0 Å². The van der Waals surface area contributed by atoms with E-state index in [0.717, 1.165) is 5.56 Å². The van der Waals surface area contributed by atoms with Gasteiger partial charge in [0.15, 0.2) is 35.2 Å². The number of benzene rings is 2. The molecule has 0 aliphatic rings. The van der Waals surface area contributed by atoms with Crippen LogP contribution in [0, 0.1) is 0 Å². The van der Waals surface area contributed by atoms with Crippen molar-refractivity contribution in [1.29, 1.82) is 0 Å². The number of nitrogens with zero attached hydrogens (tertiary/aromatic N) is 2. The molecule has 168 valence electrons. The van der Waals surface area contributed by atoms with E-state index in [2.05, 4.69) is 25.9 Å². The van der Waals surface area contributed by atoms with Crippen LogP contribution in [0.15, 0.2) is 70.1 Å². The number of halogens is 1. The first-order valence-corrected chi connectivity index (χ1v) is 10.5. The van der Waals surface area contributed by atoms with E-state index in [1.807, 2.05) is 6.07 Å². The monoisotopic (exact) mass is 510 g/mol. The molecule has 0 unspecified atom stereocenters. The van der Waals surface area contributed by atoms with E-state index in [-0.39, 0.29) is 5.75 Å². The van der Waals surface area contributed by atoms with Gasteiger partial charge in [-0.05, 0) is 58.4 Å². The Morgan fingerprint density at radius 2 is 1.61 bits per heavy atom. The molecule has 0 aliphatic heterocycles. The summed E-state index contributed by atoms with van der Waals surface area (Å²) in [4.78, 5) is 20.9. The average molecular weight is 511 g/mol. The Kier molecular flexibility index (Phi) is 6.60. The largest absolute Gasteiger partial charge is 0.493 e. The molecule has 2 heterocycles. The van der Waals surface area contributed by atoms with Crippen molar-refractivity contribution in [2.75, 3.05) is 21.3 Å². The van der Waals surface area contributed by atoms with Crippen molar-refractivity contribution in [3.05, 3.63) is 71.3 Å². The quantitative estimate of drug-likeness (QED) is 0.240. The molecule has 0 amide bonds. The van der Waals surface area contributed by atoms with Crippen molar-refractivity contribution >= 4 is 21.9 Å². The molecular formula is C24H19BrN2O6. The Morgan fingerprint density at radius 3 is 2.30 bits per heavy atom. The minimum Gasteiger partial charge on any atom is -0.493 e. The highest BCUT2D eigenvalue weighted by molar-refractivity contribution is 9.10. The van der Waals surface area contributed by atoms with E-state index in [4.69, 9.17) is 23.4 Å². The van der Waals surface area contributed by atoms with Crippen LogP contribution < -0.4 is 18.9 Å². The maximum absolute atomic E-state index is 12.6.